The molecule has 0 saturated carbocycles. The number of aromatic nitrogens is 2. The zero-order valence-corrected chi connectivity index (χ0v) is 14.0. The van der Waals surface area contributed by atoms with E-state index in [0.29, 0.717) is 12.0 Å². The highest BCUT2D eigenvalue weighted by Crippen LogP contribution is 2.33. The summed E-state index contributed by atoms with van der Waals surface area (Å²) in [6, 6.07) is 21.1. The molecule has 0 spiro atoms. The predicted octanol–water partition coefficient (Wildman–Crippen LogP) is 4.00. The predicted molar refractivity (Wildman–Crippen MR) is 99.0 cm³/mol. The summed E-state index contributed by atoms with van der Waals surface area (Å²) in [5.74, 6) is 0. The molecule has 2 aromatic carbocycles. The fraction of sp³-hybridized carbons (Fsp3) is 0.0952. The average Bonchev–Trinajstić information content (AvgIpc) is 3.12. The van der Waals surface area contributed by atoms with Crippen molar-refractivity contribution >= 4 is 11.0 Å². The molecule has 26 heavy (non-hydrogen) atoms. The van der Waals surface area contributed by atoms with E-state index < -0.39 is 0 Å². The molecule has 0 amide bonds. The Balaban J connectivity index is 1.70. The van der Waals surface area contributed by atoms with Crippen molar-refractivity contribution in [2.24, 2.45) is 5.73 Å². The summed E-state index contributed by atoms with van der Waals surface area (Å²) in [5, 5.41) is 14.1. The maximum atomic E-state index is 8.89. The highest BCUT2D eigenvalue weighted by atomic mass is 16.5. The SMILES string of the molecule is N#Cc1ccc(C[C@H](N)c2ccccc2-c2noc3ccccc23)nc1. The van der Waals surface area contributed by atoms with Gasteiger partial charge in [0.25, 0.3) is 0 Å². The van der Waals surface area contributed by atoms with E-state index in [4.69, 9.17) is 15.5 Å². The van der Waals surface area contributed by atoms with E-state index in [0.717, 1.165) is 33.5 Å². The number of pyridine rings is 1. The molecule has 5 heteroatoms. The van der Waals surface area contributed by atoms with Crippen LogP contribution in [0.25, 0.3) is 22.2 Å². The number of benzene rings is 2. The lowest BCUT2D eigenvalue weighted by molar-refractivity contribution is 0.459. The first kappa shape index (κ1) is 16.0. The Kier molecular flexibility index (Phi) is 4.18. The van der Waals surface area contributed by atoms with E-state index >= 15 is 0 Å². The van der Waals surface area contributed by atoms with Crippen LogP contribution < -0.4 is 5.73 Å². The third kappa shape index (κ3) is 2.94. The fourth-order valence-corrected chi connectivity index (χ4v) is 3.06. The molecule has 0 radical (unpaired) electrons. The number of nitriles is 1. The molecule has 4 aromatic rings. The Bertz CT molecular complexity index is 1090. The number of fused-ring (bicyclic) bond motifs is 1. The first-order valence-corrected chi connectivity index (χ1v) is 8.30. The maximum absolute atomic E-state index is 8.89. The summed E-state index contributed by atoms with van der Waals surface area (Å²) in [7, 11) is 0. The summed E-state index contributed by atoms with van der Waals surface area (Å²) in [6.45, 7) is 0. The van der Waals surface area contributed by atoms with Crippen molar-refractivity contribution in [2.45, 2.75) is 12.5 Å². The minimum atomic E-state index is -0.248. The summed E-state index contributed by atoms with van der Waals surface area (Å²) < 4.78 is 5.45. The lowest BCUT2D eigenvalue weighted by Crippen LogP contribution is -2.15. The van der Waals surface area contributed by atoms with Crippen molar-refractivity contribution in [2.75, 3.05) is 0 Å². The molecule has 126 valence electrons. The van der Waals surface area contributed by atoms with Crippen LogP contribution in [0.3, 0.4) is 0 Å². The van der Waals surface area contributed by atoms with Crippen LogP contribution in [0.4, 0.5) is 0 Å². The fourth-order valence-electron chi connectivity index (χ4n) is 3.06. The van der Waals surface area contributed by atoms with Gasteiger partial charge < -0.3 is 10.3 Å². The van der Waals surface area contributed by atoms with Crippen LogP contribution >= 0.6 is 0 Å². The Labute approximate surface area is 150 Å². The summed E-state index contributed by atoms with van der Waals surface area (Å²) in [6.07, 6.45) is 2.14. The molecule has 0 aliphatic heterocycles. The molecule has 5 nitrogen and oxygen atoms in total. The summed E-state index contributed by atoms with van der Waals surface area (Å²) in [5.41, 5.74) is 11.3. The number of hydrogen-bond donors (Lipinski definition) is 1. The number of para-hydroxylation sites is 1. The van der Waals surface area contributed by atoms with Crippen LogP contribution in [0.2, 0.25) is 0 Å². The van der Waals surface area contributed by atoms with Gasteiger partial charge in [0.1, 0.15) is 11.8 Å². The van der Waals surface area contributed by atoms with Gasteiger partial charge in [0, 0.05) is 35.3 Å². The first-order valence-electron chi connectivity index (χ1n) is 8.30. The van der Waals surface area contributed by atoms with E-state index in [-0.39, 0.29) is 6.04 Å². The van der Waals surface area contributed by atoms with Crippen molar-refractivity contribution in [3.63, 3.8) is 0 Å². The van der Waals surface area contributed by atoms with Gasteiger partial charge in [-0.2, -0.15) is 5.26 Å². The standard InChI is InChI=1S/C21H16N4O/c22-12-14-9-10-15(24-13-14)11-19(23)16-5-1-2-6-17(16)21-18-7-3-4-8-20(18)26-25-21/h1-10,13,19H,11,23H2/t19-/m0/s1. The third-order valence-electron chi connectivity index (χ3n) is 4.38. The van der Waals surface area contributed by atoms with Crippen molar-refractivity contribution in [1.29, 1.82) is 5.26 Å². The average molecular weight is 340 g/mol. The zero-order chi connectivity index (χ0) is 17.9. The van der Waals surface area contributed by atoms with Gasteiger partial charge in [-0.15, -0.1) is 0 Å². The van der Waals surface area contributed by atoms with Gasteiger partial charge in [0.05, 0.1) is 5.56 Å². The van der Waals surface area contributed by atoms with Gasteiger partial charge in [-0.1, -0.05) is 41.6 Å². The number of hydrogen-bond acceptors (Lipinski definition) is 5. The van der Waals surface area contributed by atoms with Crippen LogP contribution in [0.5, 0.6) is 0 Å². The van der Waals surface area contributed by atoms with Crippen molar-refractivity contribution in [3.8, 4) is 17.3 Å². The van der Waals surface area contributed by atoms with Gasteiger partial charge >= 0.3 is 0 Å². The Morgan fingerprint density at radius 2 is 1.85 bits per heavy atom. The van der Waals surface area contributed by atoms with E-state index in [9.17, 15) is 0 Å². The quantitative estimate of drug-likeness (QED) is 0.606. The second-order valence-electron chi connectivity index (χ2n) is 6.08. The minimum Gasteiger partial charge on any atom is -0.356 e. The van der Waals surface area contributed by atoms with E-state index in [2.05, 4.69) is 16.2 Å². The molecule has 4 rings (SSSR count). The molecule has 0 bridgehead atoms. The zero-order valence-electron chi connectivity index (χ0n) is 14.0. The lowest BCUT2D eigenvalue weighted by atomic mass is 9.94. The van der Waals surface area contributed by atoms with Crippen molar-refractivity contribution < 1.29 is 4.52 Å². The molecular formula is C21H16N4O. The normalized spacial score (nSPS) is 12.0. The molecule has 2 N–H and O–H groups in total. The lowest BCUT2D eigenvalue weighted by Gasteiger charge is -2.15. The van der Waals surface area contributed by atoms with Gasteiger partial charge in [-0.05, 0) is 29.8 Å². The molecule has 0 unspecified atom stereocenters. The molecule has 1 atom stereocenters. The van der Waals surface area contributed by atoms with Gasteiger partial charge in [-0.3, -0.25) is 4.98 Å². The van der Waals surface area contributed by atoms with Gasteiger partial charge in [0.15, 0.2) is 5.58 Å². The molecular weight excluding hydrogens is 324 g/mol. The van der Waals surface area contributed by atoms with Crippen molar-refractivity contribution in [3.05, 3.63) is 83.7 Å². The van der Waals surface area contributed by atoms with E-state index in [1.165, 1.54) is 0 Å². The van der Waals surface area contributed by atoms with Crippen molar-refractivity contribution in [1.82, 2.24) is 10.1 Å². The van der Waals surface area contributed by atoms with Crippen LogP contribution in [-0.2, 0) is 6.42 Å². The Hall–Kier alpha value is -3.49. The molecule has 0 fully saturated rings. The Morgan fingerprint density at radius 3 is 2.65 bits per heavy atom. The van der Waals surface area contributed by atoms with Crippen LogP contribution in [-0.4, -0.2) is 10.1 Å². The number of rotatable bonds is 4. The monoisotopic (exact) mass is 340 g/mol. The maximum Gasteiger partial charge on any atom is 0.167 e. The minimum absolute atomic E-state index is 0.248. The van der Waals surface area contributed by atoms with Gasteiger partial charge in [-0.25, -0.2) is 0 Å². The van der Waals surface area contributed by atoms with Crippen LogP contribution in [0.15, 0.2) is 71.4 Å². The van der Waals surface area contributed by atoms with E-state index in [1.807, 2.05) is 54.6 Å². The third-order valence-corrected chi connectivity index (χ3v) is 4.38. The van der Waals surface area contributed by atoms with Gasteiger partial charge in [0.2, 0.25) is 0 Å². The molecule has 0 saturated heterocycles. The number of nitrogens with zero attached hydrogens (tertiary/aromatic N) is 3. The Morgan fingerprint density at radius 1 is 1.04 bits per heavy atom. The molecule has 0 aliphatic rings. The topological polar surface area (TPSA) is 88.7 Å². The highest BCUT2D eigenvalue weighted by molar-refractivity contribution is 5.92. The highest BCUT2D eigenvalue weighted by Gasteiger charge is 2.17. The first-order chi connectivity index (χ1) is 12.8. The van der Waals surface area contributed by atoms with Crippen LogP contribution in [0.1, 0.15) is 22.9 Å². The van der Waals surface area contributed by atoms with Crippen LogP contribution in [0, 0.1) is 11.3 Å². The largest absolute Gasteiger partial charge is 0.356 e. The summed E-state index contributed by atoms with van der Waals surface area (Å²) in [4.78, 5) is 4.32. The van der Waals surface area contributed by atoms with E-state index in [1.54, 1.807) is 12.3 Å². The molecule has 0 aliphatic carbocycles. The molecule has 2 heterocycles. The smallest absolute Gasteiger partial charge is 0.167 e. The second-order valence-corrected chi connectivity index (χ2v) is 6.08. The summed E-state index contributed by atoms with van der Waals surface area (Å²) >= 11 is 0. The number of nitrogens with two attached hydrogens (primary N) is 1. The molecule has 2 aromatic heterocycles. The second kappa shape index (κ2) is 6.79.